The summed E-state index contributed by atoms with van der Waals surface area (Å²) in [6.45, 7) is 4.62. The summed E-state index contributed by atoms with van der Waals surface area (Å²) in [5, 5.41) is 18.9. The van der Waals surface area contributed by atoms with Crippen LogP contribution in [0.25, 0.3) is 28.1 Å². The number of pyridine rings is 2. The van der Waals surface area contributed by atoms with Crippen LogP contribution < -0.4 is 5.73 Å². The minimum Gasteiger partial charge on any atom is -0.396 e. The first-order chi connectivity index (χ1) is 17.1. The average Bonchev–Trinajstić information content (AvgIpc) is 3.43. The van der Waals surface area contributed by atoms with Crippen LogP contribution in [0.5, 0.6) is 0 Å². The molecule has 0 aliphatic carbocycles. The molecule has 0 saturated carbocycles. The summed E-state index contributed by atoms with van der Waals surface area (Å²) >= 11 is 0. The van der Waals surface area contributed by atoms with E-state index in [9.17, 15) is 18.3 Å². The number of alkyl halides is 3. The zero-order valence-corrected chi connectivity index (χ0v) is 20.2. The molecule has 1 saturated heterocycles. The second-order valence-corrected chi connectivity index (χ2v) is 10.1. The van der Waals surface area contributed by atoms with E-state index in [1.54, 1.807) is 16.5 Å². The molecule has 3 N–H and O–H groups in total. The average molecular weight is 499 g/mol. The molecule has 2 atom stereocenters. The van der Waals surface area contributed by atoms with Crippen molar-refractivity contribution >= 4 is 16.6 Å². The quantitative estimate of drug-likeness (QED) is 0.413. The number of hydrogen-bond acceptors (Lipinski definition) is 6. The van der Waals surface area contributed by atoms with E-state index in [4.69, 9.17) is 10.7 Å². The highest BCUT2D eigenvalue weighted by Gasteiger charge is 2.46. The molecule has 4 heterocycles. The van der Waals surface area contributed by atoms with E-state index in [-0.39, 0.29) is 36.7 Å². The van der Waals surface area contributed by atoms with E-state index in [0.29, 0.717) is 30.0 Å². The number of fused-ring (bicyclic) bond motifs is 2. The van der Waals surface area contributed by atoms with Crippen molar-refractivity contribution in [1.29, 1.82) is 0 Å². The van der Waals surface area contributed by atoms with Crippen molar-refractivity contribution in [2.24, 2.45) is 5.73 Å². The predicted octanol–water partition coefficient (Wildman–Crippen LogP) is 4.24. The molecule has 0 amide bonds. The van der Waals surface area contributed by atoms with Crippen molar-refractivity contribution in [1.82, 2.24) is 24.5 Å². The Balaban J connectivity index is 1.62. The van der Waals surface area contributed by atoms with E-state index < -0.39 is 12.2 Å². The molecule has 7 nitrogen and oxygen atoms in total. The van der Waals surface area contributed by atoms with Gasteiger partial charge in [0.2, 0.25) is 0 Å². The first kappa shape index (κ1) is 24.6. The smallest absolute Gasteiger partial charge is 0.396 e. The summed E-state index contributed by atoms with van der Waals surface area (Å²) in [5.41, 5.74) is 8.38. The van der Waals surface area contributed by atoms with Gasteiger partial charge in [0.1, 0.15) is 11.7 Å². The van der Waals surface area contributed by atoms with Crippen LogP contribution in [0.2, 0.25) is 0 Å². The molecule has 4 aromatic rings. The third-order valence-corrected chi connectivity index (χ3v) is 7.09. The standard InChI is InChI=1S/C26H29F3N6O/c1-25(2,11-13-36)19-5-3-4-16-6-8-20(31-22(16)19)24-33-32-21-9-7-17(14-35(21)24)23(26(27,28)29)34-12-10-18(30)15-34/h3-9,14,18,23,36H,10-13,15,30H2,1-2H3/t18?,23-/m1/s1. The second-order valence-electron chi connectivity index (χ2n) is 10.1. The SMILES string of the molecule is CC(C)(CCO)c1cccc2ccc(-c3nnc4ccc([C@@H](N5CCC(N)C5)C(F)(F)F)cn34)nc12. The highest BCUT2D eigenvalue weighted by Crippen LogP contribution is 2.40. The van der Waals surface area contributed by atoms with Gasteiger partial charge in [-0.1, -0.05) is 44.2 Å². The molecular weight excluding hydrogens is 469 g/mol. The summed E-state index contributed by atoms with van der Waals surface area (Å²) in [4.78, 5) is 6.26. The monoisotopic (exact) mass is 498 g/mol. The molecule has 0 bridgehead atoms. The first-order valence-electron chi connectivity index (χ1n) is 12.0. The Morgan fingerprint density at radius 1 is 1.11 bits per heavy atom. The van der Waals surface area contributed by atoms with Crippen LogP contribution >= 0.6 is 0 Å². The Morgan fingerprint density at radius 2 is 1.92 bits per heavy atom. The van der Waals surface area contributed by atoms with E-state index in [2.05, 4.69) is 10.2 Å². The Kier molecular flexibility index (Phi) is 6.22. The summed E-state index contributed by atoms with van der Waals surface area (Å²) in [7, 11) is 0. The van der Waals surface area contributed by atoms with Crippen LogP contribution in [-0.4, -0.2) is 61.5 Å². The molecule has 1 fully saturated rings. The molecule has 1 aliphatic rings. The number of hydrogen-bond donors (Lipinski definition) is 2. The molecule has 3 aromatic heterocycles. The molecule has 0 spiro atoms. The number of nitrogens with zero attached hydrogens (tertiary/aromatic N) is 5. The van der Waals surface area contributed by atoms with Gasteiger partial charge < -0.3 is 10.8 Å². The Labute approximate surface area is 206 Å². The molecule has 0 radical (unpaired) electrons. The number of benzene rings is 1. The van der Waals surface area contributed by atoms with E-state index >= 15 is 0 Å². The maximum atomic E-state index is 14.2. The second kappa shape index (κ2) is 9.10. The largest absolute Gasteiger partial charge is 0.408 e. The topological polar surface area (TPSA) is 92.6 Å². The molecule has 1 unspecified atom stereocenters. The Morgan fingerprint density at radius 3 is 2.61 bits per heavy atom. The van der Waals surface area contributed by atoms with Gasteiger partial charge in [-0.25, -0.2) is 4.98 Å². The molecule has 10 heteroatoms. The lowest BCUT2D eigenvalue weighted by molar-refractivity contribution is -0.183. The van der Waals surface area contributed by atoms with Gasteiger partial charge in [-0.15, -0.1) is 10.2 Å². The minimum atomic E-state index is -4.46. The lowest BCUT2D eigenvalue weighted by atomic mass is 9.80. The number of halogens is 3. The summed E-state index contributed by atoms with van der Waals surface area (Å²) in [6, 6.07) is 10.6. The molecule has 36 heavy (non-hydrogen) atoms. The summed E-state index contributed by atoms with van der Waals surface area (Å²) in [5.74, 6) is 0.363. The molecule has 1 aliphatic heterocycles. The van der Waals surface area contributed by atoms with Gasteiger partial charge in [-0.3, -0.25) is 9.30 Å². The molecule has 5 rings (SSSR count). The van der Waals surface area contributed by atoms with Crippen molar-refractivity contribution in [2.45, 2.75) is 50.4 Å². The van der Waals surface area contributed by atoms with Gasteiger partial charge in [0.25, 0.3) is 0 Å². The van der Waals surface area contributed by atoms with Gasteiger partial charge in [0, 0.05) is 37.3 Å². The van der Waals surface area contributed by atoms with Crippen molar-refractivity contribution in [3.63, 3.8) is 0 Å². The normalized spacial score (nSPS) is 18.4. The fourth-order valence-corrected chi connectivity index (χ4v) is 5.13. The third-order valence-electron chi connectivity index (χ3n) is 7.09. The minimum absolute atomic E-state index is 0.0446. The van der Waals surface area contributed by atoms with Crippen molar-refractivity contribution in [2.75, 3.05) is 19.7 Å². The summed E-state index contributed by atoms with van der Waals surface area (Å²) in [6.07, 6.45) is -1.91. The van der Waals surface area contributed by atoms with E-state index in [1.165, 1.54) is 17.2 Å². The van der Waals surface area contributed by atoms with Gasteiger partial charge in [0.15, 0.2) is 11.5 Å². The van der Waals surface area contributed by atoms with Gasteiger partial charge in [-0.05, 0) is 41.5 Å². The Hall–Kier alpha value is -3.08. The number of likely N-dealkylation sites (tertiary alicyclic amines) is 1. The van der Waals surface area contributed by atoms with Crippen molar-refractivity contribution in [3.05, 3.63) is 59.8 Å². The van der Waals surface area contributed by atoms with E-state index in [1.807, 2.05) is 38.1 Å². The van der Waals surface area contributed by atoms with Crippen LogP contribution in [0.3, 0.4) is 0 Å². The first-order valence-corrected chi connectivity index (χ1v) is 12.0. The Bertz CT molecular complexity index is 1400. The highest BCUT2D eigenvalue weighted by atomic mass is 19.4. The molecule has 1 aromatic carbocycles. The van der Waals surface area contributed by atoms with Crippen LogP contribution in [-0.2, 0) is 5.41 Å². The zero-order valence-electron chi connectivity index (χ0n) is 20.2. The van der Waals surface area contributed by atoms with Gasteiger partial charge >= 0.3 is 6.18 Å². The molecule has 190 valence electrons. The number of aromatic nitrogens is 4. The summed E-state index contributed by atoms with van der Waals surface area (Å²) < 4.78 is 44.1. The van der Waals surface area contributed by atoms with Crippen LogP contribution in [0.1, 0.15) is 43.9 Å². The lowest BCUT2D eigenvalue weighted by Gasteiger charge is -2.30. The van der Waals surface area contributed by atoms with Crippen LogP contribution in [0.4, 0.5) is 13.2 Å². The number of aliphatic hydroxyl groups excluding tert-OH is 1. The van der Waals surface area contributed by atoms with Crippen molar-refractivity contribution < 1.29 is 18.3 Å². The number of aliphatic hydroxyl groups is 1. The van der Waals surface area contributed by atoms with Gasteiger partial charge in [-0.2, -0.15) is 13.2 Å². The number of para-hydroxylation sites is 1. The number of nitrogens with two attached hydrogens (primary N) is 1. The fourth-order valence-electron chi connectivity index (χ4n) is 5.13. The van der Waals surface area contributed by atoms with Gasteiger partial charge in [0.05, 0.1) is 5.52 Å². The fraction of sp³-hybridized carbons (Fsp3) is 0.423. The van der Waals surface area contributed by atoms with Crippen LogP contribution in [0, 0.1) is 0 Å². The highest BCUT2D eigenvalue weighted by molar-refractivity contribution is 5.85. The lowest BCUT2D eigenvalue weighted by Crippen LogP contribution is -2.38. The zero-order chi connectivity index (χ0) is 25.7. The van der Waals surface area contributed by atoms with Crippen molar-refractivity contribution in [3.8, 4) is 11.5 Å². The molecular formula is C26H29F3N6O. The third kappa shape index (κ3) is 4.44. The van der Waals surface area contributed by atoms with Crippen LogP contribution in [0.15, 0.2) is 48.7 Å². The maximum Gasteiger partial charge on any atom is 0.408 e. The van der Waals surface area contributed by atoms with E-state index in [0.717, 1.165) is 16.5 Å². The predicted molar refractivity (Wildman–Crippen MR) is 131 cm³/mol. The number of rotatable bonds is 6. The maximum absolute atomic E-state index is 14.2.